The number of aliphatic hydroxyl groups is 1. The standard InChI is InChI=1S/C20H20P.C20H19P.C14H24O.C10H16O.C5H11O.C5H10O.2C4H8O.2C4H9.C2H4O.BrH.2Li/c2*1-2-21(18-12-6-3-7-13-18,19-14-8-4-9-15-19)20-16-10-5-11-17-20;1-5-6-7-14(12(2)3)9-8-13(4)10-11-15;1-4-5-6-10(7-8-11)9(2)3;2*1-5(2)3-4-6;2*1-2-4-5-3-1;2*1-3-4-2;1-2-3-1;;;/h3-17H,2H2,1H3;2-17H,1H3;5,8,14-15H,1-2,6-7,9-11H2,3-4H3;4,8,10H,1-2,5-7H2,3H3;5H,3-4H2,1-2H3;3-4H2,1-2H3;2*1-4H2;2*1,3-4H2,2H3;1-2H2;1H;;/q+1;;;;-1;-2;;;2*-1;;;2*+1/p-1. The van der Waals surface area contributed by atoms with Crippen molar-refractivity contribution in [2.75, 3.05) is 65.6 Å². The number of carbonyl (C=O) groups is 1. The van der Waals surface area contributed by atoms with Crippen LogP contribution in [-0.2, 0) is 19.0 Å². The second-order valence-corrected chi connectivity index (χ2v) is 32.9. The molecule has 1 N–H and O–H groups in total. The van der Waals surface area contributed by atoms with Crippen molar-refractivity contribution in [1.82, 2.24) is 0 Å². The Bertz CT molecular complexity index is 2490. The molecule has 0 radical (unpaired) electrons. The second kappa shape index (κ2) is 75.8. The van der Waals surface area contributed by atoms with Crippen LogP contribution in [0.25, 0.3) is 0 Å². The smallest absolute Gasteiger partial charge is 1.00 e. The fourth-order valence-electron chi connectivity index (χ4n) is 9.89. The van der Waals surface area contributed by atoms with Gasteiger partial charge >= 0.3 is 37.7 Å². The zero-order valence-electron chi connectivity index (χ0n) is 67.4. The Hall–Kier alpha value is -4.02. The summed E-state index contributed by atoms with van der Waals surface area (Å²) >= 11 is 0. The predicted octanol–water partition coefficient (Wildman–Crippen LogP) is 11.4. The molecule has 3 fully saturated rings. The molecule has 2 atom stereocenters. The van der Waals surface area contributed by atoms with E-state index in [0.717, 1.165) is 122 Å². The van der Waals surface area contributed by atoms with Gasteiger partial charge in [0.15, 0.2) is 0 Å². The Morgan fingerprint density at radius 2 is 0.856 bits per heavy atom. The Kier molecular flexibility index (Phi) is 79.1. The van der Waals surface area contributed by atoms with Crippen molar-refractivity contribution < 1.29 is 89.0 Å². The molecule has 12 heteroatoms. The van der Waals surface area contributed by atoms with Gasteiger partial charge in [0.2, 0.25) is 0 Å². The van der Waals surface area contributed by atoms with Crippen LogP contribution in [0.1, 0.15) is 185 Å². The third-order valence-corrected chi connectivity index (χ3v) is 24.9. The Balaban J connectivity index is -0.000000367. The quantitative estimate of drug-likeness (QED) is 0.0130. The largest absolute Gasteiger partial charge is 1.00 e. The number of hydrogen-bond donors (Lipinski definition) is 1. The van der Waals surface area contributed by atoms with E-state index in [4.69, 9.17) is 14.6 Å². The first-order valence-corrected chi connectivity index (χ1v) is 41.2. The first-order chi connectivity index (χ1) is 49.0. The fourth-order valence-corrected chi connectivity index (χ4v) is 17.6. The summed E-state index contributed by atoms with van der Waals surface area (Å²) in [6, 6.07) is 65.6. The van der Waals surface area contributed by atoms with Gasteiger partial charge in [-0.05, 0) is 190 Å². The van der Waals surface area contributed by atoms with Crippen LogP contribution in [-0.4, -0.2) is 77.0 Å². The molecule has 2 unspecified atom stereocenters. The third kappa shape index (κ3) is 52.9. The van der Waals surface area contributed by atoms with E-state index in [9.17, 15) is 15.0 Å². The van der Waals surface area contributed by atoms with Gasteiger partial charge < -0.3 is 71.1 Å². The number of carbonyl (C=O) groups excluding carboxylic acids is 1. The van der Waals surface area contributed by atoms with E-state index < -0.39 is 14.5 Å². The van der Waals surface area contributed by atoms with Gasteiger partial charge in [0.25, 0.3) is 0 Å². The number of halogens is 1. The Morgan fingerprint density at radius 1 is 0.548 bits per heavy atom. The number of aldehydes is 1. The molecule has 6 aromatic carbocycles. The minimum absolute atomic E-state index is 0. The van der Waals surface area contributed by atoms with Crippen molar-refractivity contribution in [3.63, 3.8) is 0 Å². The van der Waals surface area contributed by atoms with Gasteiger partial charge in [-0.2, -0.15) is 52.8 Å². The molecule has 9 rings (SSSR count). The number of benzene rings is 6. The van der Waals surface area contributed by atoms with Gasteiger partial charge in [0.05, 0.1) is 35.3 Å². The topological polar surface area (TPSA) is 114 Å². The first-order valence-electron chi connectivity index (χ1n) is 37.4. The molecule has 3 aliphatic heterocycles. The monoisotopic (exact) mass is 1510 g/mol. The summed E-state index contributed by atoms with van der Waals surface area (Å²) in [6.45, 7) is 51.7. The van der Waals surface area contributed by atoms with Crippen molar-refractivity contribution in [1.29, 1.82) is 0 Å². The van der Waals surface area contributed by atoms with Crippen LogP contribution < -0.4 is 96.7 Å². The number of hydrogen-bond acceptors (Lipinski definition) is 7. The molecule has 0 spiro atoms. The number of epoxide rings is 1. The number of allylic oxidation sites excluding steroid dienone is 5. The van der Waals surface area contributed by atoms with Gasteiger partial charge in [-0.15, -0.1) is 19.8 Å². The molecule has 0 saturated carbocycles. The van der Waals surface area contributed by atoms with Crippen molar-refractivity contribution >= 4 is 52.6 Å². The van der Waals surface area contributed by atoms with E-state index in [0.29, 0.717) is 24.2 Å². The predicted molar refractivity (Wildman–Crippen MR) is 447 cm³/mol. The molecule has 3 aliphatic rings. The van der Waals surface area contributed by atoms with Gasteiger partial charge in [0.1, 0.15) is 29.5 Å². The summed E-state index contributed by atoms with van der Waals surface area (Å²) in [4.78, 5) is 10.2. The molecule has 3 heterocycles. The maximum absolute atomic E-state index is 10.2. The molecule has 104 heavy (non-hydrogen) atoms. The van der Waals surface area contributed by atoms with Gasteiger partial charge in [-0.3, -0.25) is 0 Å². The average Bonchev–Trinajstić information content (AvgIpc) is 1.08. The maximum Gasteiger partial charge on any atom is 1.00 e. The zero-order chi connectivity index (χ0) is 75.5. The zero-order valence-corrected chi connectivity index (χ0v) is 70.8. The van der Waals surface area contributed by atoms with Crippen LogP contribution in [0.15, 0.2) is 243 Å². The Labute approximate surface area is 674 Å². The van der Waals surface area contributed by atoms with Gasteiger partial charge in [0, 0.05) is 39.5 Å². The van der Waals surface area contributed by atoms with Crippen LogP contribution >= 0.6 is 14.5 Å². The van der Waals surface area contributed by atoms with E-state index in [1.807, 2.05) is 32.9 Å². The van der Waals surface area contributed by atoms with Crippen LogP contribution in [0, 0.1) is 43.7 Å². The molecule has 3 saturated heterocycles. The second-order valence-electron chi connectivity index (χ2n) is 25.6. The average molecular weight is 1510 g/mol. The van der Waals surface area contributed by atoms with E-state index in [1.165, 1.54) is 87.4 Å². The first kappa shape index (κ1) is 109. The van der Waals surface area contributed by atoms with Crippen LogP contribution in [0.4, 0.5) is 0 Å². The minimum Gasteiger partial charge on any atom is -1.00 e. The molecule has 0 amide bonds. The Morgan fingerprint density at radius 3 is 1.03 bits per heavy atom. The SMILES string of the molecule is C1CCOC1.C1CCOC1.C1CO1.C=CCCC(CC=C(C)CCO)C(=C)C.C=CCCC(CC=O)C(=C)C.CC(C)CC[O-].CC[P+](c1ccccc1)(c1ccccc1)c1ccccc1.C[C-](C)CC[O-].C[CH-][P+](c1ccccc1)(c1ccccc1)c1ccccc1.[Br-].[CH2-]CCC.[CH2-]CCC.[Li+].[Li+]. The van der Waals surface area contributed by atoms with Crippen LogP contribution in [0.2, 0.25) is 0 Å². The van der Waals surface area contributed by atoms with E-state index in [-0.39, 0.29) is 74.5 Å². The number of rotatable bonds is 28. The molecule has 0 aliphatic carbocycles. The normalized spacial score (nSPS) is 12.5. The number of ether oxygens (including phenoxy) is 3. The molecule has 7 nitrogen and oxygen atoms in total. The summed E-state index contributed by atoms with van der Waals surface area (Å²) in [5.74, 6) is 2.72. The molecule has 0 bridgehead atoms. The summed E-state index contributed by atoms with van der Waals surface area (Å²) in [5, 5.41) is 36.9. The van der Waals surface area contributed by atoms with Crippen molar-refractivity contribution in [3.05, 3.63) is 269 Å². The molecule has 570 valence electrons. The third-order valence-electron chi connectivity index (χ3n) is 16.3. The fraction of sp³-hybridized carbons (Fsp3) is 0.446. The van der Waals surface area contributed by atoms with Gasteiger partial charge in [-0.25, -0.2) is 0 Å². The van der Waals surface area contributed by atoms with E-state index in [2.05, 4.69) is 295 Å². The summed E-state index contributed by atoms with van der Waals surface area (Å²) < 4.78 is 14.4. The molecular formula is C92H138BrLi2O7P2-3. The summed E-state index contributed by atoms with van der Waals surface area (Å²) in [6.07, 6.45) is 28.3. The van der Waals surface area contributed by atoms with Crippen molar-refractivity contribution in [2.45, 2.75) is 185 Å². The van der Waals surface area contributed by atoms with Crippen LogP contribution in [0.3, 0.4) is 0 Å². The summed E-state index contributed by atoms with van der Waals surface area (Å²) in [5.41, 5.74) is 3.60. The molecular weight excluding hydrogens is 1370 g/mol. The van der Waals surface area contributed by atoms with E-state index >= 15 is 0 Å². The number of unbranched alkanes of at least 4 members (excludes halogenated alkanes) is 2. The molecule has 6 aromatic rings. The maximum atomic E-state index is 10.2. The van der Waals surface area contributed by atoms with Crippen LogP contribution in [0.5, 0.6) is 0 Å². The van der Waals surface area contributed by atoms with E-state index in [1.54, 1.807) is 0 Å². The molecule has 0 aromatic heterocycles. The van der Waals surface area contributed by atoms with Gasteiger partial charge in [-0.1, -0.05) is 204 Å². The van der Waals surface area contributed by atoms with Crippen molar-refractivity contribution in [3.8, 4) is 0 Å². The van der Waals surface area contributed by atoms with Crippen molar-refractivity contribution in [2.24, 2.45) is 17.8 Å². The number of aliphatic hydroxyl groups excluding tert-OH is 1. The summed E-state index contributed by atoms with van der Waals surface area (Å²) in [7, 11) is -3.19. The minimum atomic E-state index is -1.66.